The van der Waals surface area contributed by atoms with Crippen LogP contribution in [-0.4, -0.2) is 12.5 Å². The zero-order valence-electron chi connectivity index (χ0n) is 16.5. The molecule has 0 bridgehead atoms. The number of anilines is 1. The van der Waals surface area contributed by atoms with E-state index in [0.717, 1.165) is 27.8 Å². The Balaban J connectivity index is 1.91. The summed E-state index contributed by atoms with van der Waals surface area (Å²) in [6.07, 6.45) is 0. The van der Waals surface area contributed by atoms with E-state index in [-0.39, 0.29) is 5.91 Å². The monoisotopic (exact) mass is 361 g/mol. The molecule has 0 spiro atoms. The van der Waals surface area contributed by atoms with Crippen LogP contribution in [0.15, 0.2) is 66.7 Å². The fourth-order valence-corrected chi connectivity index (χ4v) is 3.03. The molecule has 3 rings (SSSR count). The van der Waals surface area contributed by atoms with Gasteiger partial charge in [-0.15, -0.1) is 0 Å². The van der Waals surface area contributed by atoms with Crippen LogP contribution < -0.4 is 10.1 Å². The minimum atomic E-state index is -0.630. The number of benzene rings is 3. The molecular formula is C24H27NO2. The van der Waals surface area contributed by atoms with Crippen molar-refractivity contribution in [2.75, 3.05) is 11.9 Å². The smallest absolute Gasteiger partial charge is 0.234 e. The van der Waals surface area contributed by atoms with Crippen LogP contribution in [0.25, 0.3) is 10.8 Å². The van der Waals surface area contributed by atoms with Crippen LogP contribution in [0.1, 0.15) is 33.3 Å². The number of hydrogen-bond acceptors (Lipinski definition) is 2. The molecule has 0 aromatic heterocycles. The van der Waals surface area contributed by atoms with Crippen LogP contribution in [0.2, 0.25) is 0 Å². The van der Waals surface area contributed by atoms with E-state index in [1.54, 1.807) is 0 Å². The Morgan fingerprint density at radius 2 is 1.56 bits per heavy atom. The molecule has 3 aromatic rings. The third-order valence-corrected chi connectivity index (χ3v) is 4.77. The first kappa shape index (κ1) is 19.0. The van der Waals surface area contributed by atoms with Crippen LogP contribution in [0, 0.1) is 5.92 Å². The summed E-state index contributed by atoms with van der Waals surface area (Å²) < 4.78 is 5.96. The van der Waals surface area contributed by atoms with Crippen molar-refractivity contribution in [3.8, 4) is 5.75 Å². The molecule has 27 heavy (non-hydrogen) atoms. The normalized spacial score (nSPS) is 11.6. The molecular weight excluding hydrogens is 334 g/mol. The predicted octanol–water partition coefficient (Wildman–Crippen LogP) is 5.79. The van der Waals surface area contributed by atoms with E-state index >= 15 is 0 Å². The number of nitrogens with one attached hydrogen (secondary N) is 1. The highest BCUT2D eigenvalue weighted by atomic mass is 16.5. The van der Waals surface area contributed by atoms with Gasteiger partial charge in [-0.2, -0.15) is 0 Å². The number of hydrogen-bond donors (Lipinski definition) is 1. The standard InChI is InChI=1S/C24H27NO2/c1-17(2)16-27-22-15-14-21(19-12-8-9-13-20(19)22)25-23(26)24(3,4)18-10-6-5-7-11-18/h5-15,17H,16H2,1-4H3,(H,25,26). The number of amides is 1. The first-order chi connectivity index (χ1) is 12.9. The van der Waals surface area contributed by atoms with E-state index in [1.165, 1.54) is 0 Å². The van der Waals surface area contributed by atoms with Crippen LogP contribution in [-0.2, 0) is 10.2 Å². The maximum atomic E-state index is 13.0. The molecule has 0 saturated carbocycles. The second-order valence-corrected chi connectivity index (χ2v) is 7.81. The molecule has 3 aromatic carbocycles. The second kappa shape index (κ2) is 7.83. The maximum Gasteiger partial charge on any atom is 0.234 e. The second-order valence-electron chi connectivity index (χ2n) is 7.81. The van der Waals surface area contributed by atoms with Gasteiger partial charge in [0.15, 0.2) is 0 Å². The topological polar surface area (TPSA) is 38.3 Å². The number of carbonyl (C=O) groups excluding carboxylic acids is 1. The Morgan fingerprint density at radius 3 is 2.22 bits per heavy atom. The summed E-state index contributed by atoms with van der Waals surface area (Å²) in [6, 6.07) is 21.7. The quantitative estimate of drug-likeness (QED) is 0.603. The van der Waals surface area contributed by atoms with Crippen LogP contribution in [0.4, 0.5) is 5.69 Å². The lowest BCUT2D eigenvalue weighted by atomic mass is 9.83. The molecule has 0 aliphatic rings. The van der Waals surface area contributed by atoms with Crippen LogP contribution in [0.3, 0.4) is 0 Å². The van der Waals surface area contributed by atoms with Crippen molar-refractivity contribution in [2.24, 2.45) is 5.92 Å². The van der Waals surface area contributed by atoms with Crippen molar-refractivity contribution in [1.82, 2.24) is 0 Å². The number of rotatable bonds is 6. The molecule has 0 radical (unpaired) electrons. The highest BCUT2D eigenvalue weighted by Crippen LogP contribution is 2.33. The van der Waals surface area contributed by atoms with Gasteiger partial charge in [0, 0.05) is 16.5 Å². The third-order valence-electron chi connectivity index (χ3n) is 4.77. The van der Waals surface area contributed by atoms with Crippen molar-refractivity contribution >= 4 is 22.4 Å². The van der Waals surface area contributed by atoms with Gasteiger partial charge >= 0.3 is 0 Å². The minimum Gasteiger partial charge on any atom is -0.493 e. The SMILES string of the molecule is CC(C)COc1ccc(NC(=O)C(C)(C)c2ccccc2)c2ccccc12. The number of fused-ring (bicyclic) bond motifs is 1. The summed E-state index contributed by atoms with van der Waals surface area (Å²) in [5.41, 5.74) is 1.16. The van der Waals surface area contributed by atoms with Crippen molar-refractivity contribution in [3.63, 3.8) is 0 Å². The molecule has 1 amide bonds. The molecule has 0 atom stereocenters. The van der Waals surface area contributed by atoms with Gasteiger partial charge in [-0.3, -0.25) is 4.79 Å². The van der Waals surface area contributed by atoms with Crippen molar-refractivity contribution in [2.45, 2.75) is 33.1 Å². The van der Waals surface area contributed by atoms with E-state index in [4.69, 9.17) is 4.74 Å². The van der Waals surface area contributed by atoms with Gasteiger partial charge in [0.25, 0.3) is 0 Å². The van der Waals surface area contributed by atoms with Gasteiger partial charge in [0.05, 0.1) is 12.0 Å². The van der Waals surface area contributed by atoms with Gasteiger partial charge in [-0.1, -0.05) is 68.4 Å². The summed E-state index contributed by atoms with van der Waals surface area (Å²) in [4.78, 5) is 13.0. The summed E-state index contributed by atoms with van der Waals surface area (Å²) >= 11 is 0. The first-order valence-electron chi connectivity index (χ1n) is 9.41. The van der Waals surface area contributed by atoms with Crippen LogP contribution in [0.5, 0.6) is 5.75 Å². The molecule has 0 unspecified atom stereocenters. The molecule has 0 saturated heterocycles. The maximum absolute atomic E-state index is 13.0. The Kier molecular flexibility index (Phi) is 5.50. The van der Waals surface area contributed by atoms with Crippen molar-refractivity contribution < 1.29 is 9.53 Å². The number of carbonyl (C=O) groups is 1. The number of ether oxygens (including phenoxy) is 1. The molecule has 3 nitrogen and oxygen atoms in total. The molecule has 0 heterocycles. The highest BCUT2D eigenvalue weighted by Gasteiger charge is 2.30. The predicted molar refractivity (Wildman–Crippen MR) is 112 cm³/mol. The summed E-state index contributed by atoms with van der Waals surface area (Å²) in [6.45, 7) is 8.81. The van der Waals surface area contributed by atoms with Gasteiger partial charge in [0.1, 0.15) is 5.75 Å². The fraction of sp³-hybridized carbons (Fsp3) is 0.292. The van der Waals surface area contributed by atoms with Gasteiger partial charge in [-0.25, -0.2) is 0 Å². The zero-order chi connectivity index (χ0) is 19.4. The van der Waals surface area contributed by atoms with E-state index in [2.05, 4.69) is 19.2 Å². The molecule has 0 aliphatic carbocycles. The Morgan fingerprint density at radius 1 is 0.926 bits per heavy atom. The largest absolute Gasteiger partial charge is 0.493 e. The molecule has 0 fully saturated rings. The van der Waals surface area contributed by atoms with Crippen molar-refractivity contribution in [3.05, 3.63) is 72.3 Å². The molecule has 0 aliphatic heterocycles. The third kappa shape index (κ3) is 4.13. The lowest BCUT2D eigenvalue weighted by Gasteiger charge is -2.25. The van der Waals surface area contributed by atoms with E-state index in [0.29, 0.717) is 12.5 Å². The Hall–Kier alpha value is -2.81. The Labute approximate surface area is 161 Å². The summed E-state index contributed by atoms with van der Waals surface area (Å²) in [5, 5.41) is 5.11. The first-order valence-corrected chi connectivity index (χ1v) is 9.41. The van der Waals surface area contributed by atoms with Gasteiger partial charge < -0.3 is 10.1 Å². The Bertz CT molecular complexity index is 930. The van der Waals surface area contributed by atoms with E-state index < -0.39 is 5.41 Å². The lowest BCUT2D eigenvalue weighted by molar-refractivity contribution is -0.120. The van der Waals surface area contributed by atoms with Gasteiger partial charge in [0.2, 0.25) is 5.91 Å². The molecule has 1 N–H and O–H groups in total. The van der Waals surface area contributed by atoms with Crippen LogP contribution >= 0.6 is 0 Å². The lowest BCUT2D eigenvalue weighted by Crippen LogP contribution is -2.34. The molecule has 140 valence electrons. The highest BCUT2D eigenvalue weighted by molar-refractivity contribution is 6.07. The van der Waals surface area contributed by atoms with Crippen molar-refractivity contribution in [1.29, 1.82) is 0 Å². The summed E-state index contributed by atoms with van der Waals surface area (Å²) in [7, 11) is 0. The molecule has 3 heteroatoms. The minimum absolute atomic E-state index is 0.0327. The van der Waals surface area contributed by atoms with Gasteiger partial charge in [-0.05, 0) is 37.5 Å². The summed E-state index contributed by atoms with van der Waals surface area (Å²) in [5.74, 6) is 1.27. The zero-order valence-corrected chi connectivity index (χ0v) is 16.5. The average molecular weight is 361 g/mol. The van der Waals surface area contributed by atoms with E-state index in [9.17, 15) is 4.79 Å². The van der Waals surface area contributed by atoms with E-state index in [1.807, 2.05) is 80.6 Å². The average Bonchev–Trinajstić information content (AvgIpc) is 2.67. The fourth-order valence-electron chi connectivity index (χ4n) is 3.03.